The standard InChI is InChI=1S/C9H16O/c1-10-9-7-5-3-2-4-6-8-9/h2-3,9H,4-8H2,1H3/b3-2-/t9-/m1/s1. The second kappa shape index (κ2) is 4.51. The minimum Gasteiger partial charge on any atom is -0.381 e. The topological polar surface area (TPSA) is 9.23 Å². The van der Waals surface area contributed by atoms with Crippen LogP contribution in [0.4, 0.5) is 0 Å². The normalized spacial score (nSPS) is 30.7. The molecule has 0 saturated carbocycles. The summed E-state index contributed by atoms with van der Waals surface area (Å²) in [7, 11) is 1.82. The quantitative estimate of drug-likeness (QED) is 0.508. The highest BCUT2D eigenvalue weighted by Crippen LogP contribution is 2.13. The molecule has 1 aliphatic carbocycles. The fourth-order valence-corrected chi connectivity index (χ4v) is 1.36. The smallest absolute Gasteiger partial charge is 0.0574 e. The number of allylic oxidation sites excluding steroid dienone is 2. The zero-order valence-corrected chi connectivity index (χ0v) is 6.68. The third-order valence-corrected chi connectivity index (χ3v) is 2.05. The molecule has 0 radical (unpaired) electrons. The van der Waals surface area contributed by atoms with Gasteiger partial charge in [0.15, 0.2) is 0 Å². The van der Waals surface area contributed by atoms with E-state index in [1.807, 2.05) is 7.11 Å². The van der Waals surface area contributed by atoms with Gasteiger partial charge in [0, 0.05) is 7.11 Å². The Hall–Kier alpha value is -0.300. The van der Waals surface area contributed by atoms with Gasteiger partial charge >= 0.3 is 0 Å². The Kier molecular flexibility index (Phi) is 3.52. The average Bonchev–Trinajstić information content (AvgIpc) is 1.87. The molecule has 0 spiro atoms. The monoisotopic (exact) mass is 140 g/mol. The molecule has 1 aliphatic rings. The first kappa shape index (κ1) is 7.80. The summed E-state index contributed by atoms with van der Waals surface area (Å²) in [6.45, 7) is 0. The summed E-state index contributed by atoms with van der Waals surface area (Å²) in [5.74, 6) is 0. The highest BCUT2D eigenvalue weighted by Gasteiger charge is 2.06. The third-order valence-electron chi connectivity index (χ3n) is 2.05. The maximum absolute atomic E-state index is 5.29. The van der Waals surface area contributed by atoms with Gasteiger partial charge in [0.25, 0.3) is 0 Å². The molecule has 0 unspecified atom stereocenters. The van der Waals surface area contributed by atoms with E-state index in [0.717, 1.165) is 0 Å². The lowest BCUT2D eigenvalue weighted by Crippen LogP contribution is -2.10. The van der Waals surface area contributed by atoms with E-state index in [4.69, 9.17) is 4.74 Å². The van der Waals surface area contributed by atoms with E-state index in [-0.39, 0.29) is 0 Å². The molecule has 0 saturated heterocycles. The lowest BCUT2D eigenvalue weighted by Gasteiger charge is -2.14. The lowest BCUT2D eigenvalue weighted by atomic mass is 10.0. The molecule has 0 amide bonds. The van der Waals surface area contributed by atoms with Crippen molar-refractivity contribution in [3.05, 3.63) is 12.2 Å². The molecule has 0 aromatic carbocycles. The number of hydrogen-bond acceptors (Lipinski definition) is 1. The fourth-order valence-electron chi connectivity index (χ4n) is 1.36. The van der Waals surface area contributed by atoms with E-state index in [9.17, 15) is 0 Å². The molecule has 1 heteroatoms. The summed E-state index contributed by atoms with van der Waals surface area (Å²) in [4.78, 5) is 0. The third kappa shape index (κ3) is 2.53. The zero-order chi connectivity index (χ0) is 7.23. The average molecular weight is 140 g/mol. The molecular weight excluding hydrogens is 124 g/mol. The van der Waals surface area contributed by atoms with Gasteiger partial charge in [-0.05, 0) is 32.1 Å². The van der Waals surface area contributed by atoms with Crippen molar-refractivity contribution in [2.75, 3.05) is 7.11 Å². The van der Waals surface area contributed by atoms with Crippen molar-refractivity contribution in [2.45, 2.75) is 38.2 Å². The first-order valence-electron chi connectivity index (χ1n) is 4.11. The zero-order valence-electron chi connectivity index (χ0n) is 6.68. The van der Waals surface area contributed by atoms with Crippen molar-refractivity contribution in [1.29, 1.82) is 0 Å². The predicted molar refractivity (Wildman–Crippen MR) is 43.0 cm³/mol. The molecule has 0 aromatic heterocycles. The van der Waals surface area contributed by atoms with Crippen LogP contribution in [0.3, 0.4) is 0 Å². The van der Waals surface area contributed by atoms with Gasteiger partial charge in [0.1, 0.15) is 0 Å². The summed E-state index contributed by atoms with van der Waals surface area (Å²) in [5, 5.41) is 0. The van der Waals surface area contributed by atoms with Gasteiger partial charge in [-0.2, -0.15) is 0 Å². The summed E-state index contributed by atoms with van der Waals surface area (Å²) in [6, 6.07) is 0. The predicted octanol–water partition coefficient (Wildman–Crippen LogP) is 2.52. The van der Waals surface area contributed by atoms with E-state index < -0.39 is 0 Å². The Bertz CT molecular complexity index is 107. The summed E-state index contributed by atoms with van der Waals surface area (Å²) in [5.41, 5.74) is 0. The highest BCUT2D eigenvalue weighted by molar-refractivity contribution is 4.85. The lowest BCUT2D eigenvalue weighted by molar-refractivity contribution is 0.0864. The Morgan fingerprint density at radius 3 is 2.80 bits per heavy atom. The van der Waals surface area contributed by atoms with Crippen LogP contribution < -0.4 is 0 Å². The van der Waals surface area contributed by atoms with Crippen molar-refractivity contribution in [3.63, 3.8) is 0 Å². The molecule has 0 aromatic rings. The Morgan fingerprint density at radius 2 is 2.00 bits per heavy atom. The maximum Gasteiger partial charge on any atom is 0.0574 e. The van der Waals surface area contributed by atoms with Crippen LogP contribution >= 0.6 is 0 Å². The van der Waals surface area contributed by atoms with Crippen LogP contribution in [0.1, 0.15) is 32.1 Å². The van der Waals surface area contributed by atoms with Crippen molar-refractivity contribution in [2.24, 2.45) is 0 Å². The Labute approximate surface area is 63.1 Å². The van der Waals surface area contributed by atoms with Crippen LogP contribution in [0.5, 0.6) is 0 Å². The summed E-state index contributed by atoms with van der Waals surface area (Å²) in [6.07, 6.45) is 11.2. The van der Waals surface area contributed by atoms with Gasteiger partial charge in [0.2, 0.25) is 0 Å². The molecule has 1 nitrogen and oxygen atoms in total. The van der Waals surface area contributed by atoms with Crippen molar-refractivity contribution >= 4 is 0 Å². The number of hydrogen-bond donors (Lipinski definition) is 0. The van der Waals surface area contributed by atoms with Gasteiger partial charge in [-0.3, -0.25) is 0 Å². The summed E-state index contributed by atoms with van der Waals surface area (Å²) < 4.78 is 5.29. The first-order valence-corrected chi connectivity index (χ1v) is 4.11. The van der Waals surface area contributed by atoms with Crippen molar-refractivity contribution < 1.29 is 4.74 Å². The minimum atomic E-state index is 0.518. The van der Waals surface area contributed by atoms with Crippen LogP contribution in [-0.2, 0) is 4.74 Å². The highest BCUT2D eigenvalue weighted by atomic mass is 16.5. The molecular formula is C9H16O. The molecule has 1 rings (SSSR count). The molecule has 1 atom stereocenters. The van der Waals surface area contributed by atoms with Gasteiger partial charge in [-0.1, -0.05) is 12.2 Å². The first-order chi connectivity index (χ1) is 4.93. The number of methoxy groups -OCH3 is 1. The Morgan fingerprint density at radius 1 is 1.20 bits per heavy atom. The van der Waals surface area contributed by atoms with E-state index in [0.29, 0.717) is 6.10 Å². The molecule has 0 bridgehead atoms. The van der Waals surface area contributed by atoms with E-state index in [1.165, 1.54) is 32.1 Å². The van der Waals surface area contributed by atoms with Crippen LogP contribution in [0.2, 0.25) is 0 Å². The molecule has 0 N–H and O–H groups in total. The summed E-state index contributed by atoms with van der Waals surface area (Å²) >= 11 is 0. The van der Waals surface area contributed by atoms with E-state index >= 15 is 0 Å². The van der Waals surface area contributed by atoms with E-state index in [2.05, 4.69) is 12.2 Å². The van der Waals surface area contributed by atoms with Crippen LogP contribution in [0.15, 0.2) is 12.2 Å². The number of rotatable bonds is 1. The van der Waals surface area contributed by atoms with Gasteiger partial charge in [-0.25, -0.2) is 0 Å². The molecule has 10 heavy (non-hydrogen) atoms. The van der Waals surface area contributed by atoms with Crippen molar-refractivity contribution in [1.82, 2.24) is 0 Å². The second-order valence-electron chi connectivity index (χ2n) is 2.84. The SMILES string of the molecule is CO[C@@H]1CC/C=C\CCC1. The minimum absolute atomic E-state index is 0.518. The van der Waals surface area contributed by atoms with Gasteiger partial charge in [-0.15, -0.1) is 0 Å². The van der Waals surface area contributed by atoms with Crippen LogP contribution in [0.25, 0.3) is 0 Å². The Balaban J connectivity index is 2.27. The van der Waals surface area contributed by atoms with Gasteiger partial charge in [0.05, 0.1) is 6.10 Å². The molecule has 0 aliphatic heterocycles. The largest absolute Gasteiger partial charge is 0.381 e. The van der Waals surface area contributed by atoms with Crippen LogP contribution in [0, 0.1) is 0 Å². The van der Waals surface area contributed by atoms with Gasteiger partial charge < -0.3 is 4.74 Å². The molecule has 0 heterocycles. The second-order valence-corrected chi connectivity index (χ2v) is 2.84. The fraction of sp³-hybridized carbons (Fsp3) is 0.778. The molecule has 0 fully saturated rings. The molecule has 58 valence electrons. The number of ether oxygens (including phenoxy) is 1. The van der Waals surface area contributed by atoms with E-state index in [1.54, 1.807) is 0 Å². The van der Waals surface area contributed by atoms with Crippen molar-refractivity contribution in [3.8, 4) is 0 Å². The maximum atomic E-state index is 5.29. The van der Waals surface area contributed by atoms with Crippen LogP contribution in [-0.4, -0.2) is 13.2 Å².